The predicted molar refractivity (Wildman–Crippen MR) is 129 cm³/mol. The Morgan fingerprint density at radius 2 is 1.75 bits per heavy atom. The fraction of sp³-hybridized carbons (Fsp3) is 0.240. The molecule has 2 amide bonds. The first-order valence-electron chi connectivity index (χ1n) is 10.5. The second kappa shape index (κ2) is 11.3. The molecule has 0 aliphatic heterocycles. The topological polar surface area (TPSA) is 67.2 Å². The average Bonchev–Trinajstić information content (AvgIpc) is 3.12. The number of benzene rings is 2. The molecule has 0 saturated carbocycles. The molecule has 0 spiro atoms. The lowest BCUT2D eigenvalue weighted by Gasteiger charge is -2.20. The number of fused-ring (bicyclic) bond motifs is 1. The molecule has 0 unspecified atom stereocenters. The van der Waals surface area contributed by atoms with Crippen molar-refractivity contribution in [2.75, 3.05) is 19.6 Å². The van der Waals surface area contributed by atoms with Gasteiger partial charge in [-0.2, -0.15) is 0 Å². The number of carbonyl (C=O) groups is 2. The van der Waals surface area contributed by atoms with Crippen LogP contribution in [0.1, 0.15) is 11.4 Å². The van der Waals surface area contributed by atoms with Gasteiger partial charge >= 0.3 is 0 Å². The third kappa shape index (κ3) is 6.08. The van der Waals surface area contributed by atoms with Gasteiger partial charge in [0.15, 0.2) is 0 Å². The van der Waals surface area contributed by atoms with Gasteiger partial charge in [0, 0.05) is 31.1 Å². The fourth-order valence-corrected chi connectivity index (χ4v) is 3.61. The highest BCUT2D eigenvalue weighted by molar-refractivity contribution is 6.30. The molecular formula is C25H27ClN4O2. The van der Waals surface area contributed by atoms with Crippen molar-refractivity contribution in [2.24, 2.45) is 0 Å². The maximum atomic E-state index is 12.9. The molecule has 1 aromatic heterocycles. The van der Waals surface area contributed by atoms with E-state index in [2.05, 4.69) is 18.5 Å². The largest absolute Gasteiger partial charge is 0.355 e. The molecule has 1 heterocycles. The fourth-order valence-electron chi connectivity index (χ4n) is 3.48. The monoisotopic (exact) mass is 450 g/mol. The third-order valence-electron chi connectivity index (χ3n) is 5.03. The van der Waals surface area contributed by atoms with Gasteiger partial charge < -0.3 is 14.8 Å². The lowest BCUT2D eigenvalue weighted by molar-refractivity contribution is -0.130. The van der Waals surface area contributed by atoms with E-state index < -0.39 is 0 Å². The first kappa shape index (κ1) is 23.3. The van der Waals surface area contributed by atoms with Crippen LogP contribution in [0, 0.1) is 0 Å². The average molecular weight is 451 g/mol. The van der Waals surface area contributed by atoms with E-state index in [0.717, 1.165) is 22.4 Å². The number of para-hydroxylation sites is 2. The quantitative estimate of drug-likeness (QED) is 0.452. The third-order valence-corrected chi connectivity index (χ3v) is 5.28. The van der Waals surface area contributed by atoms with E-state index >= 15 is 0 Å². The zero-order chi connectivity index (χ0) is 22.9. The Balaban J connectivity index is 1.68. The number of amides is 2. The molecule has 3 rings (SSSR count). The van der Waals surface area contributed by atoms with Crippen LogP contribution in [0.25, 0.3) is 11.0 Å². The summed E-state index contributed by atoms with van der Waals surface area (Å²) in [6.07, 6.45) is 4.19. The van der Waals surface area contributed by atoms with E-state index in [1.165, 1.54) is 0 Å². The molecule has 0 aliphatic carbocycles. The summed E-state index contributed by atoms with van der Waals surface area (Å²) in [7, 11) is 0. The lowest BCUT2D eigenvalue weighted by atomic mass is 10.1. The molecule has 3 aromatic rings. The summed E-state index contributed by atoms with van der Waals surface area (Å²) >= 11 is 5.89. The minimum Gasteiger partial charge on any atom is -0.355 e. The molecule has 7 heteroatoms. The number of hydrogen-bond acceptors (Lipinski definition) is 3. The highest BCUT2D eigenvalue weighted by Crippen LogP contribution is 2.17. The minimum absolute atomic E-state index is 0.0408. The predicted octanol–water partition coefficient (Wildman–Crippen LogP) is 3.79. The summed E-state index contributed by atoms with van der Waals surface area (Å²) in [5, 5.41) is 3.58. The molecule has 0 fully saturated rings. The van der Waals surface area contributed by atoms with Crippen molar-refractivity contribution < 1.29 is 9.59 Å². The van der Waals surface area contributed by atoms with Crippen molar-refractivity contribution in [1.29, 1.82) is 0 Å². The Hall–Kier alpha value is -3.38. The van der Waals surface area contributed by atoms with Gasteiger partial charge in [-0.1, -0.05) is 48.0 Å². The van der Waals surface area contributed by atoms with Crippen LogP contribution in [0.3, 0.4) is 0 Å². The van der Waals surface area contributed by atoms with Crippen molar-refractivity contribution in [2.45, 2.75) is 19.4 Å². The Bertz CT molecular complexity index is 1090. The second-order valence-corrected chi connectivity index (χ2v) is 7.82. The van der Waals surface area contributed by atoms with Crippen LogP contribution in [-0.4, -0.2) is 45.9 Å². The summed E-state index contributed by atoms with van der Waals surface area (Å²) in [4.78, 5) is 31.6. The Labute approximate surface area is 193 Å². The summed E-state index contributed by atoms with van der Waals surface area (Å²) < 4.78 is 1.92. The molecule has 0 atom stereocenters. The van der Waals surface area contributed by atoms with Gasteiger partial charge in [0.1, 0.15) is 12.4 Å². The van der Waals surface area contributed by atoms with E-state index in [9.17, 15) is 9.59 Å². The van der Waals surface area contributed by atoms with Crippen molar-refractivity contribution in [3.63, 3.8) is 0 Å². The van der Waals surface area contributed by atoms with Gasteiger partial charge in [-0.3, -0.25) is 9.59 Å². The highest BCUT2D eigenvalue weighted by atomic mass is 35.5. The van der Waals surface area contributed by atoms with Gasteiger partial charge in [0.2, 0.25) is 11.8 Å². The molecule has 1 N–H and O–H groups in total. The number of hydrogen-bond donors (Lipinski definition) is 1. The molecule has 0 saturated heterocycles. The summed E-state index contributed by atoms with van der Waals surface area (Å²) in [6.45, 7) is 8.94. The van der Waals surface area contributed by atoms with E-state index in [-0.39, 0.29) is 24.8 Å². The maximum Gasteiger partial charge on any atom is 0.243 e. The van der Waals surface area contributed by atoms with Crippen LogP contribution < -0.4 is 5.32 Å². The van der Waals surface area contributed by atoms with E-state index in [1.807, 2.05) is 41.0 Å². The van der Waals surface area contributed by atoms with Crippen LogP contribution in [0.4, 0.5) is 0 Å². The second-order valence-electron chi connectivity index (χ2n) is 7.38. The molecule has 6 nitrogen and oxygen atoms in total. The molecule has 0 bridgehead atoms. The number of imidazole rings is 1. The summed E-state index contributed by atoms with van der Waals surface area (Å²) in [5.74, 6) is 0.638. The normalized spacial score (nSPS) is 10.7. The molecule has 166 valence electrons. The van der Waals surface area contributed by atoms with E-state index in [1.54, 1.807) is 29.2 Å². The molecule has 0 radical (unpaired) electrons. The number of aromatic nitrogens is 2. The van der Waals surface area contributed by atoms with E-state index in [0.29, 0.717) is 31.1 Å². The lowest BCUT2D eigenvalue weighted by Crippen LogP contribution is -2.34. The van der Waals surface area contributed by atoms with Crippen molar-refractivity contribution in [3.05, 3.63) is 90.3 Å². The first-order valence-corrected chi connectivity index (χ1v) is 10.8. The number of carbonyl (C=O) groups excluding carboxylic acids is 2. The Morgan fingerprint density at radius 1 is 1.06 bits per heavy atom. The highest BCUT2D eigenvalue weighted by Gasteiger charge is 2.17. The number of rotatable bonds is 11. The van der Waals surface area contributed by atoms with Crippen LogP contribution in [0.15, 0.2) is 73.8 Å². The van der Waals surface area contributed by atoms with Gasteiger partial charge in [0.25, 0.3) is 0 Å². The molecule has 0 aliphatic rings. The smallest absolute Gasteiger partial charge is 0.243 e. The summed E-state index contributed by atoms with van der Waals surface area (Å²) in [6, 6.07) is 14.9. The van der Waals surface area contributed by atoms with Gasteiger partial charge in [-0.25, -0.2) is 4.98 Å². The zero-order valence-corrected chi connectivity index (χ0v) is 18.7. The summed E-state index contributed by atoms with van der Waals surface area (Å²) in [5.41, 5.74) is 2.61. The molecular weight excluding hydrogens is 424 g/mol. The maximum absolute atomic E-state index is 12.9. The van der Waals surface area contributed by atoms with Crippen molar-refractivity contribution in [3.8, 4) is 0 Å². The molecule has 2 aromatic carbocycles. The van der Waals surface area contributed by atoms with Crippen molar-refractivity contribution >= 4 is 34.4 Å². The Morgan fingerprint density at radius 3 is 2.44 bits per heavy atom. The number of halogens is 1. The SMILES string of the molecule is C=CCN(CC=C)C(=O)Cn1c(CCNC(=O)Cc2ccc(Cl)cc2)nc2ccccc21. The van der Waals surface area contributed by atoms with Crippen LogP contribution in [-0.2, 0) is 29.0 Å². The van der Waals surface area contributed by atoms with Crippen molar-refractivity contribution in [1.82, 2.24) is 19.8 Å². The number of nitrogens with zero attached hydrogens (tertiary/aromatic N) is 3. The molecule has 32 heavy (non-hydrogen) atoms. The standard InChI is InChI=1S/C25H27ClN4O2/c1-3-15-29(16-4-2)25(32)18-30-22-8-6-5-7-21(22)28-23(30)13-14-27-24(31)17-19-9-11-20(26)12-10-19/h3-12H,1-2,13-18H2,(H,27,31). The van der Waals surface area contributed by atoms with E-state index in [4.69, 9.17) is 16.6 Å². The van der Waals surface area contributed by atoms with Crippen LogP contribution in [0.5, 0.6) is 0 Å². The van der Waals surface area contributed by atoms with Crippen LogP contribution >= 0.6 is 11.6 Å². The number of nitrogens with one attached hydrogen (secondary N) is 1. The van der Waals surface area contributed by atoms with Gasteiger partial charge in [-0.05, 0) is 29.8 Å². The first-order chi connectivity index (χ1) is 15.5. The Kier molecular flexibility index (Phi) is 8.22. The minimum atomic E-state index is -0.0748. The van der Waals surface area contributed by atoms with Gasteiger partial charge in [0.05, 0.1) is 17.5 Å². The van der Waals surface area contributed by atoms with Crippen LogP contribution in [0.2, 0.25) is 5.02 Å². The van der Waals surface area contributed by atoms with Gasteiger partial charge in [-0.15, -0.1) is 13.2 Å². The zero-order valence-electron chi connectivity index (χ0n) is 18.0.